The summed E-state index contributed by atoms with van der Waals surface area (Å²) in [6, 6.07) is 6.59. The lowest BCUT2D eigenvalue weighted by atomic mass is 10.2. The number of aromatic carboxylic acids is 1. The lowest BCUT2D eigenvalue weighted by molar-refractivity contribution is 0.0692. The van der Waals surface area contributed by atoms with Gasteiger partial charge in [0, 0.05) is 0 Å². The molecule has 0 atom stereocenters. The van der Waals surface area contributed by atoms with E-state index in [1.54, 1.807) is 18.2 Å². The van der Waals surface area contributed by atoms with E-state index in [0.717, 1.165) is 0 Å². The Labute approximate surface area is 76.1 Å². The van der Waals surface area contributed by atoms with Crippen LogP contribution in [0, 0.1) is 0 Å². The second-order valence-corrected chi connectivity index (χ2v) is 2.23. The number of rotatable bonds is 3. The van der Waals surface area contributed by atoms with Crippen LogP contribution < -0.4 is 4.74 Å². The van der Waals surface area contributed by atoms with Gasteiger partial charge in [-0.1, -0.05) is 12.1 Å². The molecule has 1 aromatic rings. The molecule has 4 nitrogen and oxygen atoms in total. The molecule has 72 valence electrons. The zero-order chi connectivity index (χ0) is 8.97. The Hall–Kier alpha value is -1.55. The maximum atomic E-state index is 10.6. The van der Waals surface area contributed by atoms with Crippen LogP contribution in [0.1, 0.15) is 17.3 Å². The van der Waals surface area contributed by atoms with E-state index in [2.05, 4.69) is 0 Å². The second kappa shape index (κ2) is 5.16. The van der Waals surface area contributed by atoms with Crippen molar-refractivity contribution in [2.45, 2.75) is 6.92 Å². The van der Waals surface area contributed by atoms with Crippen molar-refractivity contribution >= 4 is 5.97 Å². The second-order valence-electron chi connectivity index (χ2n) is 2.23. The molecule has 0 aliphatic carbocycles. The van der Waals surface area contributed by atoms with Crippen molar-refractivity contribution in [1.29, 1.82) is 0 Å². The Bertz CT molecular complexity index is 283. The average Bonchev–Trinajstić information content (AvgIpc) is 2.05. The number of para-hydroxylation sites is 1. The molecule has 4 heteroatoms. The van der Waals surface area contributed by atoms with Crippen molar-refractivity contribution in [2.24, 2.45) is 0 Å². The summed E-state index contributed by atoms with van der Waals surface area (Å²) >= 11 is 0. The molecule has 0 saturated carbocycles. The van der Waals surface area contributed by atoms with Crippen LogP contribution in [0.2, 0.25) is 0 Å². The first-order valence-electron chi connectivity index (χ1n) is 3.70. The van der Waals surface area contributed by atoms with Gasteiger partial charge in [0.2, 0.25) is 0 Å². The van der Waals surface area contributed by atoms with Gasteiger partial charge < -0.3 is 15.3 Å². The largest absolute Gasteiger partial charge is 0.493 e. The van der Waals surface area contributed by atoms with Crippen molar-refractivity contribution in [2.75, 3.05) is 6.61 Å². The van der Waals surface area contributed by atoms with E-state index in [0.29, 0.717) is 12.4 Å². The smallest absolute Gasteiger partial charge is 0.339 e. The molecule has 1 rings (SSSR count). The van der Waals surface area contributed by atoms with E-state index in [1.807, 2.05) is 6.92 Å². The number of ether oxygens (including phenoxy) is 1. The highest BCUT2D eigenvalue weighted by molar-refractivity contribution is 5.90. The monoisotopic (exact) mass is 184 g/mol. The van der Waals surface area contributed by atoms with E-state index in [9.17, 15) is 4.79 Å². The average molecular weight is 184 g/mol. The summed E-state index contributed by atoms with van der Waals surface area (Å²) in [7, 11) is 0. The fourth-order valence-electron chi connectivity index (χ4n) is 0.925. The maximum Gasteiger partial charge on any atom is 0.339 e. The zero-order valence-corrected chi connectivity index (χ0v) is 7.28. The minimum Gasteiger partial charge on any atom is -0.493 e. The molecule has 0 spiro atoms. The van der Waals surface area contributed by atoms with Gasteiger partial charge in [-0.2, -0.15) is 0 Å². The van der Waals surface area contributed by atoms with Gasteiger partial charge in [0.15, 0.2) is 0 Å². The van der Waals surface area contributed by atoms with Crippen LogP contribution in [0.25, 0.3) is 0 Å². The summed E-state index contributed by atoms with van der Waals surface area (Å²) in [4.78, 5) is 10.6. The predicted octanol–water partition coefficient (Wildman–Crippen LogP) is 0.959. The van der Waals surface area contributed by atoms with Gasteiger partial charge in [-0.25, -0.2) is 4.79 Å². The summed E-state index contributed by atoms with van der Waals surface area (Å²) in [5.74, 6) is -0.536. The van der Waals surface area contributed by atoms with Gasteiger partial charge >= 0.3 is 5.97 Å². The normalized spacial score (nSPS) is 8.69. The summed E-state index contributed by atoms with van der Waals surface area (Å²) < 4.78 is 5.12. The molecule has 3 N–H and O–H groups in total. The summed E-state index contributed by atoms with van der Waals surface area (Å²) in [5.41, 5.74) is 0.208. The van der Waals surface area contributed by atoms with Crippen LogP contribution in [0.3, 0.4) is 0 Å². The predicted molar refractivity (Wildman–Crippen MR) is 48.2 cm³/mol. The van der Waals surface area contributed by atoms with Gasteiger partial charge in [0.05, 0.1) is 6.61 Å². The third-order valence-electron chi connectivity index (χ3n) is 1.42. The molecule has 0 fully saturated rings. The van der Waals surface area contributed by atoms with Crippen LogP contribution in [0.15, 0.2) is 24.3 Å². The molecule has 0 amide bonds. The van der Waals surface area contributed by atoms with Crippen molar-refractivity contribution in [1.82, 2.24) is 0 Å². The van der Waals surface area contributed by atoms with Crippen LogP contribution in [0.5, 0.6) is 5.75 Å². The van der Waals surface area contributed by atoms with Crippen LogP contribution in [0.4, 0.5) is 0 Å². The highest BCUT2D eigenvalue weighted by atomic mass is 16.5. The minimum absolute atomic E-state index is 0. The van der Waals surface area contributed by atoms with E-state index in [-0.39, 0.29) is 11.0 Å². The Morgan fingerprint density at radius 3 is 2.62 bits per heavy atom. The van der Waals surface area contributed by atoms with E-state index in [4.69, 9.17) is 9.84 Å². The lowest BCUT2D eigenvalue weighted by Crippen LogP contribution is -2.01. The Morgan fingerprint density at radius 2 is 2.08 bits per heavy atom. The minimum atomic E-state index is -0.959. The van der Waals surface area contributed by atoms with Crippen molar-refractivity contribution in [3.8, 4) is 5.75 Å². The first-order chi connectivity index (χ1) is 5.75. The highest BCUT2D eigenvalue weighted by Gasteiger charge is 2.08. The van der Waals surface area contributed by atoms with Crippen LogP contribution in [-0.2, 0) is 0 Å². The number of carboxylic acid groups (broad SMARTS) is 1. The van der Waals surface area contributed by atoms with Crippen LogP contribution >= 0.6 is 0 Å². The fourth-order valence-corrected chi connectivity index (χ4v) is 0.925. The molecule has 1 aromatic carbocycles. The molecule has 0 aliphatic heterocycles. The van der Waals surface area contributed by atoms with Crippen molar-refractivity contribution in [3.63, 3.8) is 0 Å². The van der Waals surface area contributed by atoms with Gasteiger partial charge in [-0.05, 0) is 19.1 Å². The standard InChI is InChI=1S/C9H10O3.H2O/c1-2-12-8-6-4-3-5-7(8)9(10)11;/h3-6H,2H2,1H3,(H,10,11);1H2. The van der Waals surface area contributed by atoms with Crippen molar-refractivity contribution < 1.29 is 20.1 Å². The number of carboxylic acids is 1. The summed E-state index contributed by atoms with van der Waals surface area (Å²) in [6.07, 6.45) is 0. The van der Waals surface area contributed by atoms with E-state index >= 15 is 0 Å². The van der Waals surface area contributed by atoms with Gasteiger partial charge in [-0.3, -0.25) is 0 Å². The summed E-state index contributed by atoms with van der Waals surface area (Å²) in [5, 5.41) is 8.71. The fraction of sp³-hybridized carbons (Fsp3) is 0.222. The van der Waals surface area contributed by atoms with Gasteiger partial charge in [0.1, 0.15) is 11.3 Å². The molecule has 0 unspecified atom stereocenters. The zero-order valence-electron chi connectivity index (χ0n) is 7.28. The first kappa shape index (κ1) is 11.4. The quantitative estimate of drug-likeness (QED) is 0.759. The van der Waals surface area contributed by atoms with E-state index < -0.39 is 5.97 Å². The van der Waals surface area contributed by atoms with E-state index in [1.165, 1.54) is 6.07 Å². The third-order valence-corrected chi connectivity index (χ3v) is 1.42. The lowest BCUT2D eigenvalue weighted by Gasteiger charge is -2.05. The molecule has 0 aromatic heterocycles. The summed E-state index contributed by atoms with van der Waals surface area (Å²) in [6.45, 7) is 2.29. The Morgan fingerprint density at radius 1 is 1.46 bits per heavy atom. The topological polar surface area (TPSA) is 78.0 Å². The molecule has 0 radical (unpaired) electrons. The SMILES string of the molecule is CCOc1ccccc1C(=O)O.O. The van der Waals surface area contributed by atoms with Crippen molar-refractivity contribution in [3.05, 3.63) is 29.8 Å². The first-order valence-corrected chi connectivity index (χ1v) is 3.70. The number of hydrogen-bond donors (Lipinski definition) is 1. The van der Waals surface area contributed by atoms with Gasteiger partial charge in [-0.15, -0.1) is 0 Å². The molecular formula is C9H12O4. The molecule has 0 saturated heterocycles. The van der Waals surface area contributed by atoms with Gasteiger partial charge in [0.25, 0.3) is 0 Å². The molecular weight excluding hydrogens is 172 g/mol. The molecule has 0 bridgehead atoms. The third kappa shape index (κ3) is 2.76. The molecule has 0 heterocycles. The molecule has 13 heavy (non-hydrogen) atoms. The molecule has 0 aliphatic rings. The Kier molecular flexibility index (Phi) is 4.54. The number of benzene rings is 1. The highest BCUT2D eigenvalue weighted by Crippen LogP contribution is 2.17. The number of hydrogen-bond acceptors (Lipinski definition) is 2. The number of carbonyl (C=O) groups is 1. The maximum absolute atomic E-state index is 10.6. The van der Waals surface area contributed by atoms with Crippen LogP contribution in [-0.4, -0.2) is 23.2 Å². The Balaban J connectivity index is 0.00000144.